The normalized spacial score (nSPS) is 19.1. The second kappa shape index (κ2) is 7.87. The maximum Gasteiger partial charge on any atom is 0.305 e. The van der Waals surface area contributed by atoms with Crippen molar-refractivity contribution in [3.63, 3.8) is 0 Å². The number of pyridine rings is 1. The fourth-order valence-corrected chi connectivity index (χ4v) is 3.47. The monoisotopic (exact) mass is 345 g/mol. The molecule has 3 heterocycles. The Morgan fingerprint density at radius 2 is 2.24 bits per heavy atom. The van der Waals surface area contributed by atoms with E-state index in [1.54, 1.807) is 13.3 Å². The van der Waals surface area contributed by atoms with E-state index < -0.39 is 0 Å². The number of likely N-dealkylation sites (tertiary alicyclic amines) is 1. The molecule has 0 amide bonds. The van der Waals surface area contributed by atoms with Crippen LogP contribution in [0.2, 0.25) is 0 Å². The molecular formula is C19H27N3O3. The summed E-state index contributed by atoms with van der Waals surface area (Å²) >= 11 is 0. The van der Waals surface area contributed by atoms with E-state index in [1.807, 2.05) is 19.9 Å². The van der Waals surface area contributed by atoms with Crippen LogP contribution in [0.3, 0.4) is 0 Å². The Labute approximate surface area is 149 Å². The van der Waals surface area contributed by atoms with Crippen LogP contribution in [0.1, 0.15) is 43.5 Å². The van der Waals surface area contributed by atoms with Gasteiger partial charge in [-0.05, 0) is 57.7 Å². The molecule has 0 saturated carbocycles. The largest absolute Gasteiger partial charge is 0.481 e. The minimum absolute atomic E-state index is 0.160. The average Bonchev–Trinajstić information content (AvgIpc) is 3.24. The lowest BCUT2D eigenvalue weighted by atomic mass is 9.99. The summed E-state index contributed by atoms with van der Waals surface area (Å²) in [7, 11) is 1.66. The van der Waals surface area contributed by atoms with Gasteiger partial charge in [0, 0.05) is 18.3 Å². The Bertz CT molecular complexity index is 701. The van der Waals surface area contributed by atoms with Gasteiger partial charge in [-0.15, -0.1) is 0 Å². The lowest BCUT2D eigenvalue weighted by Gasteiger charge is -2.21. The van der Waals surface area contributed by atoms with Gasteiger partial charge in [-0.25, -0.2) is 9.97 Å². The van der Waals surface area contributed by atoms with E-state index >= 15 is 0 Å². The molecule has 1 aliphatic rings. The predicted octanol–water partition coefficient (Wildman–Crippen LogP) is 3.41. The van der Waals surface area contributed by atoms with Crippen LogP contribution in [0.4, 0.5) is 0 Å². The van der Waals surface area contributed by atoms with Crippen LogP contribution >= 0.6 is 0 Å². The van der Waals surface area contributed by atoms with Crippen molar-refractivity contribution >= 4 is 0 Å². The number of methoxy groups -OCH3 is 1. The summed E-state index contributed by atoms with van der Waals surface area (Å²) in [6.07, 6.45) is 3.88. The number of oxazole rings is 1. The summed E-state index contributed by atoms with van der Waals surface area (Å²) in [5.41, 5.74) is 2.29. The summed E-state index contributed by atoms with van der Waals surface area (Å²) in [4.78, 5) is 11.2. The molecule has 6 heteroatoms. The van der Waals surface area contributed by atoms with Crippen molar-refractivity contribution in [2.75, 3.05) is 26.8 Å². The van der Waals surface area contributed by atoms with Crippen molar-refractivity contribution in [2.24, 2.45) is 5.92 Å². The first-order valence-corrected chi connectivity index (χ1v) is 8.93. The van der Waals surface area contributed by atoms with E-state index in [-0.39, 0.29) is 6.04 Å². The number of aromatic nitrogens is 2. The zero-order valence-corrected chi connectivity index (χ0v) is 15.5. The molecule has 136 valence electrons. The quantitative estimate of drug-likeness (QED) is 0.766. The minimum atomic E-state index is 0.160. The summed E-state index contributed by atoms with van der Waals surface area (Å²) in [6, 6.07) is 4.35. The van der Waals surface area contributed by atoms with Gasteiger partial charge in [0.1, 0.15) is 6.20 Å². The highest BCUT2D eigenvalue weighted by Gasteiger charge is 2.29. The van der Waals surface area contributed by atoms with Gasteiger partial charge in [-0.3, -0.25) is 4.90 Å². The molecule has 0 N–H and O–H groups in total. The van der Waals surface area contributed by atoms with Crippen LogP contribution in [-0.4, -0.2) is 41.7 Å². The van der Waals surface area contributed by atoms with E-state index in [1.165, 1.54) is 12.0 Å². The molecule has 2 atom stereocenters. The highest BCUT2D eigenvalue weighted by Crippen LogP contribution is 2.30. The second-order valence-electron chi connectivity index (χ2n) is 6.64. The molecule has 2 aromatic heterocycles. The highest BCUT2D eigenvalue weighted by molar-refractivity contribution is 5.25. The van der Waals surface area contributed by atoms with Crippen LogP contribution in [0.5, 0.6) is 11.8 Å². The van der Waals surface area contributed by atoms with Gasteiger partial charge in [0.25, 0.3) is 0 Å². The van der Waals surface area contributed by atoms with Crippen LogP contribution in [-0.2, 0) is 6.42 Å². The standard InChI is InChI=1S/C19H27N3O3/c1-5-24-18-11-20-19(25-18)14(3)22-7-6-15(12-22)9-16-8-13(2)21-17(10-16)23-4/h8,10-11,14-15H,5-7,9,12H2,1-4H3/t14?,15-/m0/s1. The van der Waals surface area contributed by atoms with E-state index in [0.29, 0.717) is 24.4 Å². The number of hydrogen-bond donors (Lipinski definition) is 0. The fourth-order valence-electron chi connectivity index (χ4n) is 3.47. The van der Waals surface area contributed by atoms with Gasteiger partial charge in [0.15, 0.2) is 0 Å². The Balaban J connectivity index is 1.60. The van der Waals surface area contributed by atoms with Crippen molar-refractivity contribution in [1.82, 2.24) is 14.9 Å². The van der Waals surface area contributed by atoms with Gasteiger partial charge < -0.3 is 13.9 Å². The zero-order valence-electron chi connectivity index (χ0n) is 15.5. The Morgan fingerprint density at radius 3 is 3.00 bits per heavy atom. The van der Waals surface area contributed by atoms with Crippen molar-refractivity contribution < 1.29 is 13.9 Å². The average molecular weight is 345 g/mol. The number of ether oxygens (including phenoxy) is 2. The first-order valence-electron chi connectivity index (χ1n) is 8.93. The Kier molecular flexibility index (Phi) is 5.58. The summed E-state index contributed by atoms with van der Waals surface area (Å²) < 4.78 is 16.4. The van der Waals surface area contributed by atoms with Crippen molar-refractivity contribution in [3.05, 3.63) is 35.5 Å². The third kappa shape index (κ3) is 4.31. The molecule has 0 radical (unpaired) electrons. The Hall–Kier alpha value is -2.08. The highest BCUT2D eigenvalue weighted by atomic mass is 16.6. The molecule has 6 nitrogen and oxygen atoms in total. The van der Waals surface area contributed by atoms with E-state index in [9.17, 15) is 0 Å². The lowest BCUT2D eigenvalue weighted by molar-refractivity contribution is 0.193. The number of aryl methyl sites for hydroxylation is 1. The number of rotatable bonds is 7. The molecular weight excluding hydrogens is 318 g/mol. The van der Waals surface area contributed by atoms with E-state index in [2.05, 4.69) is 27.9 Å². The van der Waals surface area contributed by atoms with Gasteiger partial charge in [0.05, 0.1) is 19.8 Å². The first-order chi connectivity index (χ1) is 12.1. The minimum Gasteiger partial charge on any atom is -0.481 e. The molecule has 25 heavy (non-hydrogen) atoms. The second-order valence-corrected chi connectivity index (χ2v) is 6.64. The van der Waals surface area contributed by atoms with Crippen LogP contribution < -0.4 is 9.47 Å². The van der Waals surface area contributed by atoms with Gasteiger partial charge in [-0.2, -0.15) is 0 Å². The first kappa shape index (κ1) is 17.7. The van der Waals surface area contributed by atoms with Crippen LogP contribution in [0.15, 0.2) is 22.7 Å². The predicted molar refractivity (Wildman–Crippen MR) is 95.0 cm³/mol. The fraction of sp³-hybridized carbons (Fsp3) is 0.579. The lowest BCUT2D eigenvalue weighted by Crippen LogP contribution is -2.25. The molecule has 1 fully saturated rings. The van der Waals surface area contributed by atoms with E-state index in [0.717, 1.165) is 31.1 Å². The van der Waals surface area contributed by atoms with Gasteiger partial charge >= 0.3 is 5.95 Å². The molecule has 1 unspecified atom stereocenters. The third-order valence-corrected chi connectivity index (χ3v) is 4.73. The van der Waals surface area contributed by atoms with Crippen LogP contribution in [0.25, 0.3) is 0 Å². The maximum absolute atomic E-state index is 5.70. The van der Waals surface area contributed by atoms with Crippen molar-refractivity contribution in [3.8, 4) is 11.8 Å². The molecule has 0 aromatic carbocycles. The molecule has 2 aromatic rings. The van der Waals surface area contributed by atoms with Gasteiger partial charge in [0.2, 0.25) is 11.8 Å². The third-order valence-electron chi connectivity index (χ3n) is 4.73. The van der Waals surface area contributed by atoms with Crippen molar-refractivity contribution in [1.29, 1.82) is 0 Å². The molecule has 1 saturated heterocycles. The molecule has 0 aliphatic carbocycles. The van der Waals surface area contributed by atoms with Gasteiger partial charge in [-0.1, -0.05) is 0 Å². The summed E-state index contributed by atoms with van der Waals surface area (Å²) in [5, 5.41) is 0. The topological polar surface area (TPSA) is 60.6 Å². The van der Waals surface area contributed by atoms with E-state index in [4.69, 9.17) is 13.9 Å². The zero-order chi connectivity index (χ0) is 17.8. The molecule has 3 rings (SSSR count). The Morgan fingerprint density at radius 1 is 1.40 bits per heavy atom. The van der Waals surface area contributed by atoms with Crippen LogP contribution in [0, 0.1) is 12.8 Å². The molecule has 1 aliphatic heterocycles. The SMILES string of the molecule is CCOc1cnc(C(C)N2CC[C@@H](Cc3cc(C)nc(OC)c3)C2)o1. The molecule has 0 bridgehead atoms. The summed E-state index contributed by atoms with van der Waals surface area (Å²) in [5.74, 6) is 2.54. The van der Waals surface area contributed by atoms with Crippen molar-refractivity contribution in [2.45, 2.75) is 39.7 Å². The maximum atomic E-state index is 5.70. The molecule has 0 spiro atoms. The number of nitrogens with zero attached hydrogens (tertiary/aromatic N) is 3. The smallest absolute Gasteiger partial charge is 0.305 e. The number of hydrogen-bond acceptors (Lipinski definition) is 6. The summed E-state index contributed by atoms with van der Waals surface area (Å²) in [6.45, 7) is 8.77.